The van der Waals surface area contributed by atoms with Crippen LogP contribution in [0.25, 0.3) is 0 Å². The van der Waals surface area contributed by atoms with Crippen molar-refractivity contribution in [2.45, 2.75) is 19.3 Å². The minimum atomic E-state index is -3.02. The van der Waals surface area contributed by atoms with E-state index in [1.165, 1.54) is 19.1 Å². The van der Waals surface area contributed by atoms with Gasteiger partial charge >= 0.3 is 0 Å². The van der Waals surface area contributed by atoms with E-state index in [0.717, 1.165) is 37.3 Å². The van der Waals surface area contributed by atoms with Crippen molar-refractivity contribution < 1.29 is 8.42 Å². The summed E-state index contributed by atoms with van der Waals surface area (Å²) in [6.07, 6.45) is 9.45. The van der Waals surface area contributed by atoms with Gasteiger partial charge in [0.25, 0.3) is 0 Å². The Balaban J connectivity index is 1.51. The first-order valence-electron chi connectivity index (χ1n) is 6.38. The van der Waals surface area contributed by atoms with Crippen molar-refractivity contribution in [2.75, 3.05) is 25.9 Å². The van der Waals surface area contributed by atoms with Gasteiger partial charge in [-0.15, -0.1) is 0 Å². The molecule has 4 nitrogen and oxygen atoms in total. The van der Waals surface area contributed by atoms with Crippen molar-refractivity contribution in [3.05, 3.63) is 12.2 Å². The topological polar surface area (TPSA) is 58.2 Å². The Morgan fingerprint density at radius 1 is 1.24 bits per heavy atom. The lowest BCUT2D eigenvalue weighted by atomic mass is 9.94. The van der Waals surface area contributed by atoms with Gasteiger partial charge in [0.15, 0.2) is 0 Å². The summed E-state index contributed by atoms with van der Waals surface area (Å²) in [5.41, 5.74) is 0. The highest BCUT2D eigenvalue weighted by Gasteiger charge is 2.34. The smallest absolute Gasteiger partial charge is 0.208 e. The maximum Gasteiger partial charge on any atom is 0.208 e. The molecule has 0 amide bonds. The number of allylic oxidation sites excluding steroid dienone is 2. The molecule has 3 atom stereocenters. The van der Waals surface area contributed by atoms with Crippen LogP contribution in [0.3, 0.4) is 0 Å². The Labute approximate surface area is 104 Å². The second-order valence-corrected chi connectivity index (χ2v) is 7.10. The fourth-order valence-electron chi connectivity index (χ4n) is 2.89. The maximum atomic E-state index is 10.8. The summed E-state index contributed by atoms with van der Waals surface area (Å²) in [5.74, 6) is 2.42. The Morgan fingerprint density at radius 3 is 2.65 bits per heavy atom. The lowest BCUT2D eigenvalue weighted by Crippen LogP contribution is -2.29. The fraction of sp³-hybridized carbons (Fsp3) is 0.833. The molecule has 17 heavy (non-hydrogen) atoms. The molecule has 2 N–H and O–H groups in total. The van der Waals surface area contributed by atoms with Gasteiger partial charge in [0, 0.05) is 6.54 Å². The molecular formula is C12H22N2O2S. The van der Waals surface area contributed by atoms with E-state index in [0.29, 0.717) is 6.54 Å². The second kappa shape index (κ2) is 5.50. The molecule has 2 bridgehead atoms. The average Bonchev–Trinajstić information content (AvgIpc) is 2.83. The molecule has 2 rings (SSSR count). The zero-order valence-corrected chi connectivity index (χ0v) is 11.2. The molecule has 1 saturated carbocycles. The van der Waals surface area contributed by atoms with Gasteiger partial charge in [0.1, 0.15) is 0 Å². The van der Waals surface area contributed by atoms with E-state index in [-0.39, 0.29) is 0 Å². The van der Waals surface area contributed by atoms with E-state index in [9.17, 15) is 8.42 Å². The zero-order chi connectivity index (χ0) is 12.3. The molecule has 0 aliphatic heterocycles. The van der Waals surface area contributed by atoms with Gasteiger partial charge < -0.3 is 5.32 Å². The van der Waals surface area contributed by atoms with Crippen molar-refractivity contribution in [1.82, 2.24) is 10.0 Å². The number of hydrogen-bond acceptors (Lipinski definition) is 3. The van der Waals surface area contributed by atoms with Crippen molar-refractivity contribution in [3.63, 3.8) is 0 Å². The lowest BCUT2D eigenvalue weighted by Gasteiger charge is -2.18. The molecule has 0 aromatic heterocycles. The van der Waals surface area contributed by atoms with Crippen LogP contribution in [0.1, 0.15) is 19.3 Å². The molecule has 0 aromatic rings. The van der Waals surface area contributed by atoms with Crippen LogP contribution in [0.2, 0.25) is 0 Å². The summed E-state index contributed by atoms with van der Waals surface area (Å²) in [6, 6.07) is 0. The van der Waals surface area contributed by atoms with Crippen LogP contribution in [0.4, 0.5) is 0 Å². The predicted molar refractivity (Wildman–Crippen MR) is 69.2 cm³/mol. The van der Waals surface area contributed by atoms with E-state index in [4.69, 9.17) is 0 Å². The van der Waals surface area contributed by atoms with Crippen LogP contribution in [-0.2, 0) is 10.0 Å². The Bertz CT molecular complexity index is 378. The third-order valence-electron chi connectivity index (χ3n) is 3.72. The van der Waals surface area contributed by atoms with Crippen molar-refractivity contribution in [1.29, 1.82) is 0 Å². The molecule has 2 aliphatic rings. The molecular weight excluding hydrogens is 236 g/mol. The minimum absolute atomic E-state index is 0.530. The first-order valence-corrected chi connectivity index (χ1v) is 8.27. The molecule has 0 saturated heterocycles. The summed E-state index contributed by atoms with van der Waals surface area (Å²) < 4.78 is 24.1. The third kappa shape index (κ3) is 4.08. The highest BCUT2D eigenvalue weighted by molar-refractivity contribution is 7.88. The van der Waals surface area contributed by atoms with Gasteiger partial charge in [-0.1, -0.05) is 12.2 Å². The van der Waals surface area contributed by atoms with Crippen LogP contribution in [0, 0.1) is 17.8 Å². The molecule has 98 valence electrons. The summed E-state index contributed by atoms with van der Waals surface area (Å²) in [4.78, 5) is 0. The second-order valence-electron chi connectivity index (χ2n) is 5.26. The van der Waals surface area contributed by atoms with E-state index in [1.807, 2.05) is 0 Å². The molecule has 1 fully saturated rings. The zero-order valence-electron chi connectivity index (χ0n) is 10.4. The first kappa shape index (κ1) is 13.1. The largest absolute Gasteiger partial charge is 0.316 e. The average molecular weight is 258 g/mol. The van der Waals surface area contributed by atoms with Crippen LogP contribution < -0.4 is 10.0 Å². The van der Waals surface area contributed by atoms with Crippen LogP contribution >= 0.6 is 0 Å². The van der Waals surface area contributed by atoms with Gasteiger partial charge in [-0.3, -0.25) is 0 Å². The summed E-state index contributed by atoms with van der Waals surface area (Å²) in [5, 5.41) is 3.43. The van der Waals surface area contributed by atoms with Crippen LogP contribution in [-0.4, -0.2) is 34.3 Å². The Morgan fingerprint density at radius 2 is 2.06 bits per heavy atom. The summed E-state index contributed by atoms with van der Waals surface area (Å²) in [7, 11) is -3.02. The van der Waals surface area contributed by atoms with Crippen LogP contribution in [0.5, 0.6) is 0 Å². The number of rotatable bonds is 7. The molecule has 5 heteroatoms. The van der Waals surface area contributed by atoms with E-state index < -0.39 is 10.0 Å². The Kier molecular flexibility index (Phi) is 4.22. The molecule has 0 spiro atoms. The molecule has 0 heterocycles. The highest BCUT2D eigenvalue weighted by Crippen LogP contribution is 2.42. The molecule has 0 aromatic carbocycles. The standard InChI is InChI=1S/C12H22N2O2S/c1-17(15,16)14-6-2-5-13-9-12-8-10-3-4-11(12)7-10/h3-4,10-14H,2,5-9H2,1H3. The van der Waals surface area contributed by atoms with Gasteiger partial charge in [-0.2, -0.15) is 0 Å². The number of fused-ring (bicyclic) bond motifs is 2. The van der Waals surface area contributed by atoms with Crippen molar-refractivity contribution in [3.8, 4) is 0 Å². The highest BCUT2D eigenvalue weighted by atomic mass is 32.2. The van der Waals surface area contributed by atoms with Crippen molar-refractivity contribution >= 4 is 10.0 Å². The summed E-state index contributed by atoms with van der Waals surface area (Å²) >= 11 is 0. The van der Waals surface area contributed by atoms with Gasteiger partial charge in [-0.25, -0.2) is 13.1 Å². The number of sulfonamides is 1. The van der Waals surface area contributed by atoms with E-state index in [2.05, 4.69) is 22.2 Å². The third-order valence-corrected chi connectivity index (χ3v) is 4.45. The van der Waals surface area contributed by atoms with Gasteiger partial charge in [0.2, 0.25) is 10.0 Å². The lowest BCUT2D eigenvalue weighted by molar-refractivity contribution is 0.413. The fourth-order valence-corrected chi connectivity index (χ4v) is 3.40. The monoisotopic (exact) mass is 258 g/mol. The minimum Gasteiger partial charge on any atom is -0.316 e. The van der Waals surface area contributed by atoms with E-state index in [1.54, 1.807) is 0 Å². The molecule has 3 unspecified atom stereocenters. The molecule has 2 aliphatic carbocycles. The summed E-state index contributed by atoms with van der Waals surface area (Å²) in [6.45, 7) is 2.49. The van der Waals surface area contributed by atoms with E-state index >= 15 is 0 Å². The number of nitrogens with one attached hydrogen (secondary N) is 2. The predicted octanol–water partition coefficient (Wildman–Crippen LogP) is 0.727. The van der Waals surface area contributed by atoms with Crippen LogP contribution in [0.15, 0.2) is 12.2 Å². The SMILES string of the molecule is CS(=O)(=O)NCCCNCC1CC2C=CC1C2. The first-order chi connectivity index (χ1) is 8.04. The maximum absolute atomic E-state index is 10.8. The molecule has 0 radical (unpaired) electrons. The van der Waals surface area contributed by atoms with Gasteiger partial charge in [0.05, 0.1) is 6.26 Å². The quantitative estimate of drug-likeness (QED) is 0.523. The van der Waals surface area contributed by atoms with Gasteiger partial charge in [-0.05, 0) is 50.1 Å². The number of hydrogen-bond donors (Lipinski definition) is 2. The normalized spacial score (nSPS) is 31.2. The Hall–Kier alpha value is -0.390. The van der Waals surface area contributed by atoms with Crippen molar-refractivity contribution in [2.24, 2.45) is 17.8 Å².